The molecule has 94 valence electrons. The molecule has 0 fully saturated rings. The molecule has 0 saturated heterocycles. The van der Waals surface area contributed by atoms with Gasteiger partial charge in [-0.2, -0.15) is 0 Å². The maximum atomic E-state index is 5.77. The van der Waals surface area contributed by atoms with Crippen LogP contribution in [0.5, 0.6) is 5.75 Å². The minimum Gasteiger partial charge on any atom is -0.491 e. The highest BCUT2D eigenvalue weighted by Crippen LogP contribution is 2.32. The highest BCUT2D eigenvalue weighted by atomic mass is 79.9. The highest BCUT2D eigenvalue weighted by molar-refractivity contribution is 9.10. The lowest BCUT2D eigenvalue weighted by molar-refractivity contribution is 0.322. The Labute approximate surface area is 119 Å². The molecule has 18 heavy (non-hydrogen) atoms. The summed E-state index contributed by atoms with van der Waals surface area (Å²) in [4.78, 5) is 3.78. The third-order valence-corrected chi connectivity index (χ3v) is 4.69. The van der Waals surface area contributed by atoms with Gasteiger partial charge in [-0.05, 0) is 40.5 Å². The zero-order valence-corrected chi connectivity index (χ0v) is 12.3. The second-order valence-electron chi connectivity index (χ2n) is 4.32. The van der Waals surface area contributed by atoms with Crippen molar-refractivity contribution in [2.75, 3.05) is 18.1 Å². The molecule has 0 N–H and O–H groups in total. The Morgan fingerprint density at radius 2 is 2.22 bits per heavy atom. The quantitative estimate of drug-likeness (QED) is 0.817. The highest BCUT2D eigenvalue weighted by Gasteiger charge is 2.16. The largest absolute Gasteiger partial charge is 0.491 e. The topological polar surface area (TPSA) is 12.5 Å². The van der Waals surface area contributed by atoms with Crippen LogP contribution in [0.2, 0.25) is 0 Å². The van der Waals surface area contributed by atoms with Crippen molar-refractivity contribution in [1.82, 2.24) is 0 Å². The van der Waals surface area contributed by atoms with Crippen LogP contribution in [0.4, 0.5) is 5.69 Å². The molecule has 0 radical (unpaired) electrons. The number of para-hydroxylation sites is 2. The fourth-order valence-corrected chi connectivity index (χ4v) is 3.65. The van der Waals surface area contributed by atoms with Crippen molar-refractivity contribution in [1.29, 1.82) is 0 Å². The molecule has 3 rings (SSSR count). The van der Waals surface area contributed by atoms with E-state index >= 15 is 0 Å². The Morgan fingerprint density at radius 1 is 1.33 bits per heavy atom. The Kier molecular flexibility index (Phi) is 3.57. The monoisotopic (exact) mass is 323 g/mol. The maximum Gasteiger partial charge on any atom is 0.142 e. The normalized spacial score (nSPS) is 14.8. The first-order valence-electron chi connectivity index (χ1n) is 6.02. The fourth-order valence-electron chi connectivity index (χ4n) is 2.19. The number of nitrogens with zero attached hydrogens (tertiary/aromatic N) is 1. The first kappa shape index (κ1) is 12.1. The van der Waals surface area contributed by atoms with Crippen molar-refractivity contribution in [3.05, 3.63) is 45.1 Å². The zero-order chi connectivity index (χ0) is 12.4. The SMILES string of the molecule is Brc1csc(CN2CCCOc3ccccc32)c1. The zero-order valence-electron chi connectivity index (χ0n) is 9.93. The third-order valence-electron chi connectivity index (χ3n) is 3.00. The van der Waals surface area contributed by atoms with Crippen LogP contribution in [0.15, 0.2) is 40.2 Å². The number of hydrogen-bond donors (Lipinski definition) is 0. The number of thiophene rings is 1. The molecule has 1 aliphatic rings. The summed E-state index contributed by atoms with van der Waals surface area (Å²) < 4.78 is 6.94. The second-order valence-corrected chi connectivity index (χ2v) is 6.23. The van der Waals surface area contributed by atoms with Crippen molar-refractivity contribution < 1.29 is 4.74 Å². The molecule has 0 amide bonds. The van der Waals surface area contributed by atoms with Crippen LogP contribution in [-0.2, 0) is 6.54 Å². The van der Waals surface area contributed by atoms with Gasteiger partial charge in [0, 0.05) is 21.3 Å². The Hall–Kier alpha value is -1.00. The lowest BCUT2D eigenvalue weighted by Crippen LogP contribution is -2.22. The van der Waals surface area contributed by atoms with Gasteiger partial charge in [0.15, 0.2) is 0 Å². The van der Waals surface area contributed by atoms with Crippen molar-refractivity contribution in [3.8, 4) is 5.75 Å². The summed E-state index contributed by atoms with van der Waals surface area (Å²) in [7, 11) is 0. The van der Waals surface area contributed by atoms with Crippen LogP contribution in [0, 0.1) is 0 Å². The lowest BCUT2D eigenvalue weighted by Gasteiger charge is -2.22. The predicted octanol–water partition coefficient (Wildman–Crippen LogP) is 4.30. The summed E-state index contributed by atoms with van der Waals surface area (Å²) in [6.45, 7) is 2.81. The number of ether oxygens (including phenoxy) is 1. The number of hydrogen-bond acceptors (Lipinski definition) is 3. The minimum absolute atomic E-state index is 0.807. The van der Waals surface area contributed by atoms with E-state index in [0.29, 0.717) is 0 Å². The number of benzene rings is 1. The number of halogens is 1. The molecular weight excluding hydrogens is 310 g/mol. The molecule has 0 atom stereocenters. The van der Waals surface area contributed by atoms with Gasteiger partial charge >= 0.3 is 0 Å². The van der Waals surface area contributed by atoms with Crippen molar-refractivity contribution in [2.24, 2.45) is 0 Å². The van der Waals surface area contributed by atoms with Gasteiger partial charge in [0.1, 0.15) is 5.75 Å². The van der Waals surface area contributed by atoms with Gasteiger partial charge in [-0.15, -0.1) is 11.3 Å². The van der Waals surface area contributed by atoms with Gasteiger partial charge < -0.3 is 9.64 Å². The van der Waals surface area contributed by atoms with Crippen LogP contribution in [0.1, 0.15) is 11.3 Å². The predicted molar refractivity (Wildman–Crippen MR) is 79.6 cm³/mol. The van der Waals surface area contributed by atoms with Gasteiger partial charge in [-0.3, -0.25) is 0 Å². The van der Waals surface area contributed by atoms with Crippen molar-refractivity contribution in [3.63, 3.8) is 0 Å². The lowest BCUT2D eigenvalue weighted by atomic mass is 10.2. The summed E-state index contributed by atoms with van der Waals surface area (Å²) >= 11 is 5.31. The number of fused-ring (bicyclic) bond motifs is 1. The molecule has 0 bridgehead atoms. The number of anilines is 1. The van der Waals surface area contributed by atoms with Crippen LogP contribution in [-0.4, -0.2) is 13.2 Å². The van der Waals surface area contributed by atoms with Gasteiger partial charge in [-0.25, -0.2) is 0 Å². The van der Waals surface area contributed by atoms with Gasteiger partial charge in [0.2, 0.25) is 0 Å². The van der Waals surface area contributed by atoms with Crippen LogP contribution in [0.25, 0.3) is 0 Å². The first-order valence-corrected chi connectivity index (χ1v) is 7.70. The fraction of sp³-hybridized carbons (Fsp3) is 0.286. The van der Waals surface area contributed by atoms with Gasteiger partial charge in [0.05, 0.1) is 18.8 Å². The molecular formula is C14H14BrNOS. The Balaban J connectivity index is 1.87. The van der Waals surface area contributed by atoms with E-state index in [9.17, 15) is 0 Å². The summed E-state index contributed by atoms with van der Waals surface area (Å²) in [5, 5.41) is 2.13. The molecule has 1 aliphatic heterocycles. The molecule has 1 aromatic carbocycles. The summed E-state index contributed by atoms with van der Waals surface area (Å²) in [5.41, 5.74) is 1.21. The minimum atomic E-state index is 0.807. The smallest absolute Gasteiger partial charge is 0.142 e. The first-order chi connectivity index (χ1) is 8.83. The van der Waals surface area contributed by atoms with Crippen LogP contribution in [0.3, 0.4) is 0 Å². The van der Waals surface area contributed by atoms with Crippen molar-refractivity contribution in [2.45, 2.75) is 13.0 Å². The van der Waals surface area contributed by atoms with E-state index in [2.05, 4.69) is 50.5 Å². The number of rotatable bonds is 2. The van der Waals surface area contributed by atoms with E-state index in [0.717, 1.165) is 31.9 Å². The third kappa shape index (κ3) is 2.54. The average molecular weight is 324 g/mol. The molecule has 1 aromatic heterocycles. The second kappa shape index (κ2) is 5.33. The summed E-state index contributed by atoms with van der Waals surface area (Å²) in [5.74, 6) is 1.01. The average Bonchev–Trinajstić information content (AvgIpc) is 2.68. The van der Waals surface area contributed by atoms with Gasteiger partial charge in [-0.1, -0.05) is 12.1 Å². The molecule has 0 saturated carbocycles. The molecule has 2 heterocycles. The molecule has 0 aliphatic carbocycles. The summed E-state index contributed by atoms with van der Waals surface area (Å²) in [6, 6.07) is 10.5. The van der Waals surface area contributed by atoms with E-state index in [1.165, 1.54) is 15.0 Å². The maximum absolute atomic E-state index is 5.77. The Bertz CT molecular complexity index is 540. The Morgan fingerprint density at radius 3 is 3.06 bits per heavy atom. The van der Waals surface area contributed by atoms with E-state index in [1.807, 2.05) is 6.07 Å². The van der Waals surface area contributed by atoms with Crippen LogP contribution >= 0.6 is 27.3 Å². The van der Waals surface area contributed by atoms with E-state index in [4.69, 9.17) is 4.74 Å². The van der Waals surface area contributed by atoms with E-state index in [-0.39, 0.29) is 0 Å². The molecule has 2 nitrogen and oxygen atoms in total. The van der Waals surface area contributed by atoms with E-state index in [1.54, 1.807) is 11.3 Å². The summed E-state index contributed by atoms with van der Waals surface area (Å²) in [6.07, 6.45) is 1.07. The van der Waals surface area contributed by atoms with Crippen LogP contribution < -0.4 is 9.64 Å². The molecule has 2 aromatic rings. The standard InChI is InChI=1S/C14H14BrNOS/c15-11-8-12(18-10-11)9-16-6-3-7-17-14-5-2-1-4-13(14)16/h1-2,4-5,8,10H,3,6-7,9H2. The molecule has 0 spiro atoms. The van der Waals surface area contributed by atoms with E-state index < -0.39 is 0 Å². The van der Waals surface area contributed by atoms with Crippen molar-refractivity contribution >= 4 is 33.0 Å². The molecule has 4 heteroatoms. The van der Waals surface area contributed by atoms with Gasteiger partial charge in [0.25, 0.3) is 0 Å². The molecule has 0 unspecified atom stereocenters.